The molecule has 0 radical (unpaired) electrons. The fourth-order valence-corrected chi connectivity index (χ4v) is 3.45. The van der Waals surface area contributed by atoms with E-state index >= 15 is 0 Å². The van der Waals surface area contributed by atoms with Gasteiger partial charge in [0, 0.05) is 18.0 Å². The molecule has 2 aliphatic rings. The van der Waals surface area contributed by atoms with E-state index in [9.17, 15) is 0 Å². The van der Waals surface area contributed by atoms with Gasteiger partial charge in [-0.1, -0.05) is 6.92 Å². The highest BCUT2D eigenvalue weighted by molar-refractivity contribution is 5.44. The van der Waals surface area contributed by atoms with Gasteiger partial charge < -0.3 is 15.2 Å². The Morgan fingerprint density at radius 2 is 2.22 bits per heavy atom. The standard InChI is InChI=1S/C15H21NO2/c1-10-5-6-15(8-10)9-13(16)12-7-11(17-2)3-4-14(12)18-15/h3-4,7,10,13H,5-6,8-9,16H2,1-2H3/t10?,13-,15?/m1/s1. The highest BCUT2D eigenvalue weighted by Crippen LogP contribution is 2.48. The molecule has 1 fully saturated rings. The summed E-state index contributed by atoms with van der Waals surface area (Å²) in [6.45, 7) is 2.30. The summed E-state index contributed by atoms with van der Waals surface area (Å²) < 4.78 is 11.5. The van der Waals surface area contributed by atoms with Crippen LogP contribution in [0.1, 0.15) is 44.2 Å². The maximum atomic E-state index is 6.33. The second kappa shape index (κ2) is 4.16. The Morgan fingerprint density at radius 1 is 1.39 bits per heavy atom. The maximum absolute atomic E-state index is 6.33. The lowest BCUT2D eigenvalue weighted by molar-refractivity contribution is 0.0392. The molecule has 1 aliphatic carbocycles. The van der Waals surface area contributed by atoms with Crippen LogP contribution in [0.15, 0.2) is 18.2 Å². The molecule has 1 aromatic carbocycles. The molecule has 0 amide bonds. The molecular weight excluding hydrogens is 226 g/mol. The summed E-state index contributed by atoms with van der Waals surface area (Å²) in [4.78, 5) is 0. The predicted octanol–water partition coefficient (Wildman–Crippen LogP) is 3.04. The van der Waals surface area contributed by atoms with E-state index in [1.165, 1.54) is 6.42 Å². The third kappa shape index (κ3) is 1.87. The molecule has 1 aromatic rings. The molecule has 3 atom stereocenters. The van der Waals surface area contributed by atoms with Gasteiger partial charge in [-0.3, -0.25) is 0 Å². The van der Waals surface area contributed by atoms with E-state index in [2.05, 4.69) is 6.92 Å². The van der Waals surface area contributed by atoms with Gasteiger partial charge in [-0.05, 0) is 43.4 Å². The summed E-state index contributed by atoms with van der Waals surface area (Å²) in [5.74, 6) is 2.55. The van der Waals surface area contributed by atoms with Crippen molar-refractivity contribution in [3.05, 3.63) is 23.8 Å². The maximum Gasteiger partial charge on any atom is 0.125 e. The van der Waals surface area contributed by atoms with Gasteiger partial charge in [-0.2, -0.15) is 0 Å². The van der Waals surface area contributed by atoms with Crippen LogP contribution in [0.5, 0.6) is 11.5 Å². The number of nitrogens with two attached hydrogens (primary N) is 1. The fourth-order valence-electron chi connectivity index (χ4n) is 3.45. The summed E-state index contributed by atoms with van der Waals surface area (Å²) in [5.41, 5.74) is 7.40. The van der Waals surface area contributed by atoms with E-state index in [1.54, 1.807) is 7.11 Å². The normalized spacial score (nSPS) is 34.2. The molecule has 3 rings (SSSR count). The van der Waals surface area contributed by atoms with E-state index in [4.69, 9.17) is 15.2 Å². The Bertz CT molecular complexity index is 460. The minimum Gasteiger partial charge on any atom is -0.497 e. The average Bonchev–Trinajstić information content (AvgIpc) is 2.70. The Hall–Kier alpha value is -1.22. The van der Waals surface area contributed by atoms with Crippen LogP contribution in [0, 0.1) is 5.92 Å². The molecule has 18 heavy (non-hydrogen) atoms. The molecule has 0 saturated heterocycles. The summed E-state index contributed by atoms with van der Waals surface area (Å²) in [6, 6.07) is 6.01. The smallest absolute Gasteiger partial charge is 0.125 e. The van der Waals surface area contributed by atoms with Crippen molar-refractivity contribution in [3.8, 4) is 11.5 Å². The number of benzene rings is 1. The number of ether oxygens (including phenoxy) is 2. The van der Waals surface area contributed by atoms with Crippen molar-refractivity contribution in [2.24, 2.45) is 11.7 Å². The largest absolute Gasteiger partial charge is 0.497 e. The van der Waals surface area contributed by atoms with Crippen LogP contribution in [0.3, 0.4) is 0 Å². The minimum atomic E-state index is -0.0135. The van der Waals surface area contributed by atoms with Crippen molar-refractivity contribution >= 4 is 0 Å². The monoisotopic (exact) mass is 247 g/mol. The van der Waals surface area contributed by atoms with Crippen molar-refractivity contribution in [1.29, 1.82) is 0 Å². The number of hydrogen-bond acceptors (Lipinski definition) is 3. The molecular formula is C15H21NO2. The Kier molecular flexibility index (Phi) is 2.74. The summed E-state index contributed by atoms with van der Waals surface area (Å²) in [7, 11) is 1.68. The van der Waals surface area contributed by atoms with Gasteiger partial charge >= 0.3 is 0 Å². The lowest BCUT2D eigenvalue weighted by Gasteiger charge is -2.39. The van der Waals surface area contributed by atoms with Crippen LogP contribution in [0.4, 0.5) is 0 Å². The second-order valence-electron chi connectivity index (χ2n) is 5.85. The van der Waals surface area contributed by atoms with Crippen LogP contribution in [-0.2, 0) is 0 Å². The minimum absolute atomic E-state index is 0.0135. The summed E-state index contributed by atoms with van der Waals surface area (Å²) in [6.07, 6.45) is 4.44. The first-order chi connectivity index (χ1) is 8.62. The molecule has 1 spiro atoms. The van der Waals surface area contributed by atoms with E-state index in [-0.39, 0.29) is 11.6 Å². The average molecular weight is 247 g/mol. The molecule has 3 nitrogen and oxygen atoms in total. The molecule has 0 bridgehead atoms. The molecule has 1 saturated carbocycles. The second-order valence-corrected chi connectivity index (χ2v) is 5.85. The van der Waals surface area contributed by atoms with Crippen molar-refractivity contribution in [3.63, 3.8) is 0 Å². The van der Waals surface area contributed by atoms with Gasteiger partial charge in [-0.15, -0.1) is 0 Å². The van der Waals surface area contributed by atoms with Crippen molar-refractivity contribution in [2.75, 3.05) is 7.11 Å². The third-order valence-electron chi connectivity index (χ3n) is 4.35. The van der Waals surface area contributed by atoms with Crippen molar-refractivity contribution in [2.45, 2.75) is 44.2 Å². The summed E-state index contributed by atoms with van der Waals surface area (Å²) in [5, 5.41) is 0. The lowest BCUT2D eigenvalue weighted by atomic mass is 9.86. The SMILES string of the molecule is COc1ccc2c(c1)[C@H](N)CC1(CCC(C)C1)O2. The Balaban J connectivity index is 1.93. The van der Waals surface area contributed by atoms with Gasteiger partial charge in [0.15, 0.2) is 0 Å². The van der Waals surface area contributed by atoms with Crippen molar-refractivity contribution < 1.29 is 9.47 Å². The predicted molar refractivity (Wildman–Crippen MR) is 70.9 cm³/mol. The van der Waals surface area contributed by atoms with Gasteiger partial charge in [0.25, 0.3) is 0 Å². The van der Waals surface area contributed by atoms with Gasteiger partial charge in [-0.25, -0.2) is 0 Å². The van der Waals surface area contributed by atoms with Gasteiger partial charge in [0.2, 0.25) is 0 Å². The van der Waals surface area contributed by atoms with Crippen LogP contribution >= 0.6 is 0 Å². The van der Waals surface area contributed by atoms with Gasteiger partial charge in [0.05, 0.1) is 7.11 Å². The molecule has 2 unspecified atom stereocenters. The molecule has 2 N–H and O–H groups in total. The quantitative estimate of drug-likeness (QED) is 0.829. The lowest BCUT2D eigenvalue weighted by Crippen LogP contribution is -2.40. The van der Waals surface area contributed by atoms with Crippen LogP contribution < -0.4 is 15.2 Å². The van der Waals surface area contributed by atoms with Gasteiger partial charge in [0.1, 0.15) is 17.1 Å². The third-order valence-corrected chi connectivity index (χ3v) is 4.35. The highest BCUT2D eigenvalue weighted by atomic mass is 16.5. The zero-order valence-electron chi connectivity index (χ0n) is 11.1. The van der Waals surface area contributed by atoms with Crippen LogP contribution in [0.2, 0.25) is 0 Å². The zero-order valence-corrected chi connectivity index (χ0v) is 11.1. The van der Waals surface area contributed by atoms with Crippen LogP contribution in [-0.4, -0.2) is 12.7 Å². The topological polar surface area (TPSA) is 44.5 Å². The number of methoxy groups -OCH3 is 1. The van der Waals surface area contributed by atoms with E-state index in [0.29, 0.717) is 0 Å². The molecule has 98 valence electrons. The van der Waals surface area contributed by atoms with Crippen LogP contribution in [0.25, 0.3) is 0 Å². The fraction of sp³-hybridized carbons (Fsp3) is 0.600. The number of rotatable bonds is 1. The summed E-state index contributed by atoms with van der Waals surface area (Å²) >= 11 is 0. The first-order valence-corrected chi connectivity index (χ1v) is 6.74. The first-order valence-electron chi connectivity index (χ1n) is 6.74. The molecule has 1 heterocycles. The molecule has 0 aromatic heterocycles. The highest BCUT2D eigenvalue weighted by Gasteiger charge is 2.44. The molecule has 3 heteroatoms. The number of fused-ring (bicyclic) bond motifs is 1. The Morgan fingerprint density at radius 3 is 2.89 bits per heavy atom. The van der Waals surface area contributed by atoms with Crippen molar-refractivity contribution in [1.82, 2.24) is 0 Å². The van der Waals surface area contributed by atoms with E-state index < -0.39 is 0 Å². The zero-order chi connectivity index (χ0) is 12.8. The van der Waals surface area contributed by atoms with E-state index in [1.807, 2.05) is 18.2 Å². The molecule has 1 aliphatic heterocycles. The Labute approximate surface area is 108 Å². The first kappa shape index (κ1) is 11.8. The number of hydrogen-bond donors (Lipinski definition) is 1. The van der Waals surface area contributed by atoms with E-state index in [0.717, 1.165) is 42.2 Å².